The van der Waals surface area contributed by atoms with Crippen molar-refractivity contribution in [3.63, 3.8) is 0 Å². The number of nitrogens with zero attached hydrogens (tertiary/aromatic N) is 1. The second-order valence-corrected chi connectivity index (χ2v) is 9.21. The van der Waals surface area contributed by atoms with Crippen LogP contribution in [0.15, 0.2) is 0 Å². The first-order valence-corrected chi connectivity index (χ1v) is 9.01. The lowest BCUT2D eigenvalue weighted by molar-refractivity contribution is 0.0927. The number of thioether (sulfide) groups is 1. The number of nitrogens with one attached hydrogen (secondary N) is 1. The molecule has 2 rings (SSSR count). The summed E-state index contributed by atoms with van der Waals surface area (Å²) < 4.78 is 0. The molecular weight excluding hydrogens is 252 g/mol. The van der Waals surface area contributed by atoms with E-state index in [2.05, 4.69) is 56.6 Å². The molecule has 0 saturated carbocycles. The molecular formula is C16H32N2S. The lowest BCUT2D eigenvalue weighted by Crippen LogP contribution is -2.53. The van der Waals surface area contributed by atoms with Crippen LogP contribution in [0.1, 0.15) is 53.9 Å². The molecule has 2 aliphatic heterocycles. The fourth-order valence-corrected chi connectivity index (χ4v) is 4.71. The number of rotatable bonds is 2. The van der Waals surface area contributed by atoms with E-state index >= 15 is 0 Å². The van der Waals surface area contributed by atoms with Crippen LogP contribution in [0.25, 0.3) is 0 Å². The minimum absolute atomic E-state index is 0.341. The Balaban J connectivity index is 1.77. The first kappa shape index (κ1) is 15.7. The topological polar surface area (TPSA) is 15.3 Å². The second kappa shape index (κ2) is 5.95. The van der Waals surface area contributed by atoms with Gasteiger partial charge in [0.1, 0.15) is 0 Å². The van der Waals surface area contributed by atoms with Crippen molar-refractivity contribution in [3.05, 3.63) is 0 Å². The van der Waals surface area contributed by atoms with Gasteiger partial charge in [0.25, 0.3) is 0 Å². The van der Waals surface area contributed by atoms with Gasteiger partial charge in [-0.3, -0.25) is 4.90 Å². The van der Waals surface area contributed by atoms with E-state index in [1.807, 2.05) is 0 Å². The Labute approximate surface area is 124 Å². The molecule has 1 unspecified atom stereocenters. The minimum atomic E-state index is 0.341. The molecule has 3 heteroatoms. The van der Waals surface area contributed by atoms with Crippen LogP contribution < -0.4 is 5.32 Å². The fourth-order valence-electron chi connectivity index (χ4n) is 3.42. The highest BCUT2D eigenvalue weighted by molar-refractivity contribution is 7.99. The van der Waals surface area contributed by atoms with Gasteiger partial charge in [-0.15, -0.1) is 0 Å². The summed E-state index contributed by atoms with van der Waals surface area (Å²) in [4.78, 5) is 2.63. The standard InChI is InChI=1S/C16H32N2S/c1-15(2,3)18-8-6-13(7-9-18)17-14-10-16(4,5)12-19-11-14/h13-14,17H,6-12H2,1-5H3. The zero-order valence-corrected chi connectivity index (χ0v) is 14.3. The molecule has 2 fully saturated rings. The summed E-state index contributed by atoms with van der Waals surface area (Å²) >= 11 is 2.13. The molecule has 0 bridgehead atoms. The summed E-state index contributed by atoms with van der Waals surface area (Å²) in [6, 6.07) is 1.48. The molecule has 19 heavy (non-hydrogen) atoms. The number of piperidine rings is 1. The van der Waals surface area contributed by atoms with Crippen molar-refractivity contribution >= 4 is 11.8 Å². The van der Waals surface area contributed by atoms with Crippen LogP contribution in [0.3, 0.4) is 0 Å². The molecule has 0 aromatic heterocycles. The van der Waals surface area contributed by atoms with Gasteiger partial charge in [0.15, 0.2) is 0 Å². The first-order valence-electron chi connectivity index (χ1n) is 7.85. The summed E-state index contributed by atoms with van der Waals surface area (Å²) in [7, 11) is 0. The summed E-state index contributed by atoms with van der Waals surface area (Å²) in [5, 5.41) is 3.94. The van der Waals surface area contributed by atoms with E-state index in [9.17, 15) is 0 Å². The molecule has 0 radical (unpaired) electrons. The maximum atomic E-state index is 3.94. The number of likely N-dealkylation sites (tertiary alicyclic amines) is 1. The van der Waals surface area contributed by atoms with Gasteiger partial charge in [0.05, 0.1) is 0 Å². The third-order valence-corrected chi connectivity index (χ3v) is 6.15. The third-order valence-electron chi connectivity index (χ3n) is 4.53. The molecule has 1 N–H and O–H groups in total. The highest BCUT2D eigenvalue weighted by atomic mass is 32.2. The highest BCUT2D eigenvalue weighted by Gasteiger charge is 2.32. The summed E-state index contributed by atoms with van der Waals surface area (Å²) in [5.74, 6) is 2.64. The monoisotopic (exact) mass is 284 g/mol. The fraction of sp³-hybridized carbons (Fsp3) is 1.00. The van der Waals surface area contributed by atoms with Gasteiger partial charge in [-0.05, 0) is 51.2 Å². The van der Waals surface area contributed by atoms with E-state index in [-0.39, 0.29) is 0 Å². The third kappa shape index (κ3) is 4.64. The number of hydrogen-bond acceptors (Lipinski definition) is 3. The predicted octanol–water partition coefficient (Wildman–Crippen LogP) is 3.37. The molecule has 2 aliphatic rings. The van der Waals surface area contributed by atoms with Crippen LogP contribution >= 0.6 is 11.8 Å². The normalized spacial score (nSPS) is 30.5. The average Bonchev–Trinajstić information content (AvgIpc) is 2.27. The smallest absolute Gasteiger partial charge is 0.0166 e. The van der Waals surface area contributed by atoms with Gasteiger partial charge >= 0.3 is 0 Å². The molecule has 0 aromatic carbocycles. The quantitative estimate of drug-likeness (QED) is 0.837. The number of hydrogen-bond donors (Lipinski definition) is 1. The van der Waals surface area contributed by atoms with E-state index in [0.717, 1.165) is 12.1 Å². The maximum absolute atomic E-state index is 3.94. The Bertz CT molecular complexity index is 288. The Morgan fingerprint density at radius 3 is 2.26 bits per heavy atom. The Hall–Kier alpha value is 0.270. The maximum Gasteiger partial charge on any atom is 0.0166 e. The van der Waals surface area contributed by atoms with Gasteiger partial charge < -0.3 is 5.32 Å². The zero-order valence-electron chi connectivity index (χ0n) is 13.5. The van der Waals surface area contributed by atoms with Crippen LogP contribution in [-0.4, -0.2) is 47.1 Å². The van der Waals surface area contributed by atoms with Crippen molar-refractivity contribution in [3.8, 4) is 0 Å². The van der Waals surface area contributed by atoms with Gasteiger partial charge in [-0.1, -0.05) is 13.8 Å². The summed E-state index contributed by atoms with van der Waals surface area (Å²) in [5.41, 5.74) is 0.861. The van der Waals surface area contributed by atoms with Crippen LogP contribution in [0, 0.1) is 5.41 Å². The molecule has 2 heterocycles. The molecule has 0 spiro atoms. The lowest BCUT2D eigenvalue weighted by Gasteiger charge is -2.43. The van der Waals surface area contributed by atoms with Crippen molar-refractivity contribution in [1.82, 2.24) is 10.2 Å². The molecule has 0 aliphatic carbocycles. The Morgan fingerprint density at radius 2 is 1.74 bits per heavy atom. The van der Waals surface area contributed by atoms with Gasteiger partial charge in [-0.2, -0.15) is 11.8 Å². The largest absolute Gasteiger partial charge is 0.310 e. The molecule has 0 amide bonds. The molecule has 0 aromatic rings. The molecule has 112 valence electrons. The van der Waals surface area contributed by atoms with E-state index in [1.165, 1.54) is 43.9 Å². The Kier molecular flexibility index (Phi) is 4.90. The summed E-state index contributed by atoms with van der Waals surface area (Å²) in [6.07, 6.45) is 3.98. The van der Waals surface area contributed by atoms with E-state index in [0.29, 0.717) is 11.0 Å². The minimum Gasteiger partial charge on any atom is -0.310 e. The van der Waals surface area contributed by atoms with Crippen molar-refractivity contribution in [2.75, 3.05) is 24.6 Å². The molecule has 2 saturated heterocycles. The first-order chi connectivity index (χ1) is 8.76. The van der Waals surface area contributed by atoms with Crippen molar-refractivity contribution in [2.24, 2.45) is 5.41 Å². The van der Waals surface area contributed by atoms with Crippen LogP contribution in [0.2, 0.25) is 0 Å². The second-order valence-electron chi connectivity index (χ2n) is 8.18. The lowest BCUT2D eigenvalue weighted by atomic mass is 9.87. The van der Waals surface area contributed by atoms with E-state index in [4.69, 9.17) is 0 Å². The molecule has 2 nitrogen and oxygen atoms in total. The molecule has 1 atom stereocenters. The van der Waals surface area contributed by atoms with Gasteiger partial charge in [-0.25, -0.2) is 0 Å². The van der Waals surface area contributed by atoms with Gasteiger partial charge in [0.2, 0.25) is 0 Å². The van der Waals surface area contributed by atoms with Gasteiger partial charge in [0, 0.05) is 36.5 Å². The zero-order chi connectivity index (χ0) is 14.1. The van der Waals surface area contributed by atoms with E-state index < -0.39 is 0 Å². The van der Waals surface area contributed by atoms with Crippen molar-refractivity contribution in [2.45, 2.75) is 71.5 Å². The SMILES string of the molecule is CC1(C)CSCC(NC2CCN(C(C)(C)C)CC2)C1. The highest BCUT2D eigenvalue weighted by Crippen LogP contribution is 2.34. The predicted molar refractivity (Wildman–Crippen MR) is 87.0 cm³/mol. The van der Waals surface area contributed by atoms with Crippen LogP contribution in [-0.2, 0) is 0 Å². The van der Waals surface area contributed by atoms with Crippen molar-refractivity contribution in [1.29, 1.82) is 0 Å². The van der Waals surface area contributed by atoms with E-state index in [1.54, 1.807) is 0 Å². The Morgan fingerprint density at radius 1 is 1.11 bits per heavy atom. The summed E-state index contributed by atoms with van der Waals surface area (Å²) in [6.45, 7) is 14.3. The van der Waals surface area contributed by atoms with Crippen LogP contribution in [0.5, 0.6) is 0 Å². The average molecular weight is 285 g/mol. The van der Waals surface area contributed by atoms with Crippen molar-refractivity contribution < 1.29 is 0 Å². The van der Waals surface area contributed by atoms with Crippen LogP contribution in [0.4, 0.5) is 0 Å².